The third-order valence-corrected chi connectivity index (χ3v) is 5.75. The van der Waals surface area contributed by atoms with Gasteiger partial charge in [-0.15, -0.1) is 0 Å². The molecule has 3 rings (SSSR count). The van der Waals surface area contributed by atoms with E-state index in [1.165, 1.54) is 0 Å². The number of rotatable bonds is 4. The van der Waals surface area contributed by atoms with E-state index < -0.39 is 22.5 Å². The van der Waals surface area contributed by atoms with E-state index in [0.717, 1.165) is 11.8 Å². The fraction of sp³-hybridized carbons (Fsp3) is 0.368. The van der Waals surface area contributed by atoms with Crippen molar-refractivity contribution in [3.05, 3.63) is 28.8 Å². The lowest BCUT2D eigenvalue weighted by molar-refractivity contribution is -0.125. The molecule has 2 N–H and O–H groups in total. The number of amides is 2. The first-order chi connectivity index (χ1) is 13.3. The number of hydrogen-bond acceptors (Lipinski definition) is 7. The summed E-state index contributed by atoms with van der Waals surface area (Å²) >= 11 is 1.07. The molecule has 2 atom stereocenters. The third kappa shape index (κ3) is 3.49. The first-order valence-corrected chi connectivity index (χ1v) is 9.38. The molecule has 0 bridgehead atoms. The van der Waals surface area contributed by atoms with Gasteiger partial charge >= 0.3 is 0 Å². The normalized spacial score (nSPS) is 20.6. The number of fused-ring (bicyclic) bond motifs is 1. The van der Waals surface area contributed by atoms with Gasteiger partial charge in [-0.05, 0) is 19.1 Å². The molecule has 2 aliphatic rings. The van der Waals surface area contributed by atoms with E-state index in [0.29, 0.717) is 22.2 Å². The molecular weight excluding hydrogens is 380 g/mol. The molecule has 0 saturated carbocycles. The maximum absolute atomic E-state index is 12.6. The van der Waals surface area contributed by atoms with Gasteiger partial charge in [0.2, 0.25) is 18.6 Å². The molecule has 0 saturated heterocycles. The van der Waals surface area contributed by atoms with Gasteiger partial charge in [-0.1, -0.05) is 25.6 Å². The molecule has 0 radical (unpaired) electrons. The largest absolute Gasteiger partial charge is 0.454 e. The number of carbonyl (C=O) groups is 2. The van der Waals surface area contributed by atoms with Crippen molar-refractivity contribution >= 4 is 29.3 Å². The van der Waals surface area contributed by atoms with E-state index in [2.05, 4.69) is 16.7 Å². The van der Waals surface area contributed by atoms with Crippen LogP contribution in [-0.2, 0) is 9.59 Å². The fourth-order valence-electron chi connectivity index (χ4n) is 2.96. The SMILES string of the molecule is C[C@H](SC1=C(C#N)C(C)(C)[C@@H](C#N)C(=O)N1)C(=O)Nc1ccc2c(c1)OCO2. The topological polar surface area (TPSA) is 124 Å². The van der Waals surface area contributed by atoms with Crippen molar-refractivity contribution < 1.29 is 19.1 Å². The molecule has 1 aromatic rings. The van der Waals surface area contributed by atoms with Crippen LogP contribution in [0.3, 0.4) is 0 Å². The Morgan fingerprint density at radius 2 is 2.07 bits per heavy atom. The average molecular weight is 398 g/mol. The summed E-state index contributed by atoms with van der Waals surface area (Å²) in [5.74, 6) is -0.579. The zero-order chi connectivity index (χ0) is 20.5. The Morgan fingerprint density at radius 3 is 2.75 bits per heavy atom. The summed E-state index contributed by atoms with van der Waals surface area (Å²) in [6.45, 7) is 5.17. The number of thioether (sulfide) groups is 1. The summed E-state index contributed by atoms with van der Waals surface area (Å²) in [5.41, 5.74) is -0.109. The highest BCUT2D eigenvalue weighted by atomic mass is 32.2. The molecule has 1 aromatic carbocycles. The Kier molecular flexibility index (Phi) is 5.21. The van der Waals surface area contributed by atoms with Gasteiger partial charge in [0, 0.05) is 17.2 Å². The van der Waals surface area contributed by atoms with Crippen LogP contribution in [0.4, 0.5) is 5.69 Å². The molecule has 0 aromatic heterocycles. The van der Waals surface area contributed by atoms with Gasteiger partial charge < -0.3 is 20.1 Å². The first-order valence-electron chi connectivity index (χ1n) is 8.50. The Morgan fingerprint density at radius 1 is 1.36 bits per heavy atom. The number of allylic oxidation sites excluding steroid dienone is 1. The van der Waals surface area contributed by atoms with Crippen molar-refractivity contribution in [1.29, 1.82) is 10.5 Å². The van der Waals surface area contributed by atoms with Crippen molar-refractivity contribution in [2.45, 2.75) is 26.0 Å². The van der Waals surface area contributed by atoms with Crippen LogP contribution in [-0.4, -0.2) is 23.9 Å². The quantitative estimate of drug-likeness (QED) is 0.798. The van der Waals surface area contributed by atoms with E-state index >= 15 is 0 Å². The predicted octanol–water partition coefficient (Wildman–Crippen LogP) is 2.51. The second-order valence-electron chi connectivity index (χ2n) is 6.91. The number of nitrogens with zero attached hydrogens (tertiary/aromatic N) is 2. The molecule has 9 heteroatoms. The summed E-state index contributed by atoms with van der Waals surface area (Å²) in [6, 6.07) is 9.11. The zero-order valence-corrected chi connectivity index (χ0v) is 16.3. The van der Waals surface area contributed by atoms with Gasteiger partial charge in [-0.25, -0.2) is 0 Å². The molecule has 0 fully saturated rings. The third-order valence-electron chi connectivity index (χ3n) is 4.64. The van der Waals surface area contributed by atoms with Crippen LogP contribution in [0, 0.1) is 34.0 Å². The Bertz CT molecular complexity index is 958. The second-order valence-corrected chi connectivity index (χ2v) is 8.26. The smallest absolute Gasteiger partial charge is 0.243 e. The number of hydrogen-bond donors (Lipinski definition) is 2. The minimum Gasteiger partial charge on any atom is -0.454 e. The van der Waals surface area contributed by atoms with Gasteiger partial charge in [0.05, 0.1) is 28.0 Å². The molecule has 2 aliphatic heterocycles. The van der Waals surface area contributed by atoms with E-state index in [1.54, 1.807) is 39.0 Å². The highest BCUT2D eigenvalue weighted by Gasteiger charge is 2.45. The Labute approximate surface area is 166 Å². The van der Waals surface area contributed by atoms with Gasteiger partial charge in [0.15, 0.2) is 11.5 Å². The van der Waals surface area contributed by atoms with Crippen LogP contribution < -0.4 is 20.1 Å². The van der Waals surface area contributed by atoms with E-state index in [1.807, 2.05) is 6.07 Å². The minimum absolute atomic E-state index is 0.142. The highest BCUT2D eigenvalue weighted by molar-refractivity contribution is 8.04. The predicted molar refractivity (Wildman–Crippen MR) is 102 cm³/mol. The van der Waals surface area contributed by atoms with Crippen LogP contribution in [0.25, 0.3) is 0 Å². The average Bonchev–Trinajstić information content (AvgIpc) is 3.09. The van der Waals surface area contributed by atoms with Gasteiger partial charge in [-0.3, -0.25) is 9.59 Å². The number of benzene rings is 1. The van der Waals surface area contributed by atoms with Crippen molar-refractivity contribution in [3.63, 3.8) is 0 Å². The van der Waals surface area contributed by atoms with Gasteiger partial charge in [-0.2, -0.15) is 10.5 Å². The molecule has 144 valence electrons. The maximum atomic E-state index is 12.6. The van der Waals surface area contributed by atoms with Crippen molar-refractivity contribution in [3.8, 4) is 23.6 Å². The summed E-state index contributed by atoms with van der Waals surface area (Å²) < 4.78 is 10.5. The molecule has 0 spiro atoms. The minimum atomic E-state index is -0.968. The van der Waals surface area contributed by atoms with Crippen molar-refractivity contribution in [2.24, 2.45) is 11.3 Å². The van der Waals surface area contributed by atoms with Crippen molar-refractivity contribution in [1.82, 2.24) is 5.32 Å². The summed E-state index contributed by atoms with van der Waals surface area (Å²) in [6.07, 6.45) is 0. The van der Waals surface area contributed by atoms with Gasteiger partial charge in [0.1, 0.15) is 5.92 Å². The van der Waals surface area contributed by atoms with Crippen LogP contribution in [0.2, 0.25) is 0 Å². The van der Waals surface area contributed by atoms with E-state index in [-0.39, 0.29) is 18.3 Å². The summed E-state index contributed by atoms with van der Waals surface area (Å²) in [4.78, 5) is 24.8. The van der Waals surface area contributed by atoms with Crippen LogP contribution in [0.1, 0.15) is 20.8 Å². The lowest BCUT2D eigenvalue weighted by Gasteiger charge is -2.35. The van der Waals surface area contributed by atoms with Crippen LogP contribution in [0.5, 0.6) is 11.5 Å². The molecule has 28 heavy (non-hydrogen) atoms. The maximum Gasteiger partial charge on any atom is 0.243 e. The molecular formula is C19H18N4O4S. The van der Waals surface area contributed by atoms with E-state index in [9.17, 15) is 20.1 Å². The zero-order valence-electron chi connectivity index (χ0n) is 15.5. The Balaban J connectivity index is 1.76. The standard InChI is InChI=1S/C19H18N4O4S/c1-10(16(24)22-11-4-5-14-15(6-11)27-9-26-14)28-18-13(8-21)19(2,3)12(7-20)17(25)23-18/h4-6,10,12H,9H2,1-3H3,(H,22,24)(H,23,25)/t10-,12-/m0/s1. The number of nitriles is 2. The lowest BCUT2D eigenvalue weighted by atomic mass is 9.72. The monoisotopic (exact) mass is 398 g/mol. The van der Waals surface area contributed by atoms with Crippen molar-refractivity contribution in [2.75, 3.05) is 12.1 Å². The molecule has 2 heterocycles. The number of ether oxygens (including phenoxy) is 2. The van der Waals surface area contributed by atoms with Crippen LogP contribution >= 0.6 is 11.8 Å². The number of carbonyl (C=O) groups excluding carboxylic acids is 2. The van der Waals surface area contributed by atoms with Gasteiger partial charge in [0.25, 0.3) is 0 Å². The molecule has 2 amide bonds. The molecule has 0 unspecified atom stereocenters. The fourth-order valence-corrected chi connectivity index (χ4v) is 4.07. The summed E-state index contributed by atoms with van der Waals surface area (Å²) in [7, 11) is 0. The number of nitrogens with one attached hydrogen (secondary N) is 2. The Hall–Kier alpha value is -3.17. The van der Waals surface area contributed by atoms with E-state index in [4.69, 9.17) is 9.47 Å². The number of anilines is 1. The molecule has 8 nitrogen and oxygen atoms in total. The summed E-state index contributed by atoms with van der Waals surface area (Å²) in [5, 5.41) is 23.9. The lowest BCUT2D eigenvalue weighted by Crippen LogP contribution is -2.45. The first kappa shape index (κ1) is 19.6. The molecule has 0 aliphatic carbocycles. The highest BCUT2D eigenvalue weighted by Crippen LogP contribution is 2.42. The van der Waals surface area contributed by atoms with Crippen LogP contribution in [0.15, 0.2) is 28.8 Å². The second kappa shape index (κ2) is 7.45.